The number of hydrogen-bond acceptors (Lipinski definition) is 3. The van der Waals surface area contributed by atoms with Crippen molar-refractivity contribution in [3.8, 4) is 0 Å². The Balaban J connectivity index is 1.84. The summed E-state index contributed by atoms with van der Waals surface area (Å²) in [7, 11) is 0. The van der Waals surface area contributed by atoms with E-state index in [9.17, 15) is 9.59 Å². The molecule has 1 saturated heterocycles. The van der Waals surface area contributed by atoms with Crippen LogP contribution in [-0.2, 0) is 9.59 Å². The fraction of sp³-hybridized carbons (Fsp3) is 0.818. The van der Waals surface area contributed by atoms with Crippen molar-refractivity contribution in [2.24, 2.45) is 0 Å². The third-order valence-electron chi connectivity index (χ3n) is 3.20. The lowest BCUT2D eigenvalue weighted by Crippen LogP contribution is -2.42. The number of hydrogen-bond donors (Lipinski definition) is 1. The van der Waals surface area contributed by atoms with Gasteiger partial charge in [-0.2, -0.15) is 0 Å². The molecule has 2 rings (SSSR count). The van der Waals surface area contributed by atoms with Gasteiger partial charge in [0.2, 0.25) is 5.91 Å². The maximum atomic E-state index is 11.9. The predicted molar refractivity (Wildman–Crippen MR) is 58.0 cm³/mol. The average molecular weight is 226 g/mol. The van der Waals surface area contributed by atoms with Crippen LogP contribution in [0, 0.1) is 0 Å². The highest BCUT2D eigenvalue weighted by Gasteiger charge is 2.32. The van der Waals surface area contributed by atoms with E-state index in [-0.39, 0.29) is 19.0 Å². The van der Waals surface area contributed by atoms with Gasteiger partial charge in [0.25, 0.3) is 0 Å². The molecule has 2 aliphatic rings. The van der Waals surface area contributed by atoms with Crippen molar-refractivity contribution in [3.63, 3.8) is 0 Å². The van der Waals surface area contributed by atoms with E-state index in [4.69, 9.17) is 5.11 Å². The van der Waals surface area contributed by atoms with E-state index in [0.717, 1.165) is 38.8 Å². The molecular formula is C11H18N2O3. The lowest BCUT2D eigenvalue weighted by Gasteiger charge is -2.22. The van der Waals surface area contributed by atoms with E-state index in [1.807, 2.05) is 4.90 Å². The van der Waals surface area contributed by atoms with Gasteiger partial charge in [0.05, 0.1) is 13.1 Å². The molecule has 0 atom stereocenters. The molecule has 0 aromatic heterocycles. The third-order valence-corrected chi connectivity index (χ3v) is 3.20. The molecule has 2 fully saturated rings. The van der Waals surface area contributed by atoms with Crippen molar-refractivity contribution in [1.82, 2.24) is 9.80 Å². The highest BCUT2D eigenvalue weighted by Crippen LogP contribution is 2.26. The molecule has 5 nitrogen and oxygen atoms in total. The van der Waals surface area contributed by atoms with Gasteiger partial charge < -0.3 is 10.0 Å². The van der Waals surface area contributed by atoms with Crippen molar-refractivity contribution in [1.29, 1.82) is 0 Å². The topological polar surface area (TPSA) is 60.9 Å². The van der Waals surface area contributed by atoms with Gasteiger partial charge in [0.15, 0.2) is 0 Å². The molecule has 1 aliphatic carbocycles. The Kier molecular flexibility index (Phi) is 3.43. The second-order valence-corrected chi connectivity index (χ2v) is 4.62. The van der Waals surface area contributed by atoms with Gasteiger partial charge in [0.1, 0.15) is 0 Å². The Morgan fingerprint density at radius 3 is 2.31 bits per heavy atom. The van der Waals surface area contributed by atoms with Crippen LogP contribution in [0.15, 0.2) is 0 Å². The molecule has 0 aromatic rings. The molecular weight excluding hydrogens is 208 g/mol. The van der Waals surface area contributed by atoms with E-state index in [2.05, 4.69) is 0 Å². The molecule has 0 spiro atoms. The smallest absolute Gasteiger partial charge is 0.317 e. The van der Waals surface area contributed by atoms with Crippen molar-refractivity contribution >= 4 is 11.9 Å². The van der Waals surface area contributed by atoms with Crippen LogP contribution in [0.25, 0.3) is 0 Å². The minimum Gasteiger partial charge on any atom is -0.480 e. The number of carbonyl (C=O) groups excluding carboxylic acids is 1. The fourth-order valence-electron chi connectivity index (χ4n) is 2.17. The second kappa shape index (κ2) is 4.82. The molecule has 5 heteroatoms. The molecule has 0 aromatic carbocycles. The molecule has 0 unspecified atom stereocenters. The normalized spacial score (nSPS) is 20.4. The largest absolute Gasteiger partial charge is 0.480 e. The monoisotopic (exact) mass is 226 g/mol. The summed E-state index contributed by atoms with van der Waals surface area (Å²) in [5.41, 5.74) is 0. The van der Waals surface area contributed by atoms with Crippen LogP contribution in [0.2, 0.25) is 0 Å². The minimum absolute atomic E-state index is 0.00968. The van der Waals surface area contributed by atoms with Crippen LogP contribution < -0.4 is 0 Å². The molecule has 0 bridgehead atoms. The molecule has 1 aliphatic heterocycles. The SMILES string of the molecule is O=C(O)CN(CC(=O)N1CCCC1)C1CC1. The summed E-state index contributed by atoms with van der Waals surface area (Å²) in [6, 6.07) is 0.322. The number of carbonyl (C=O) groups is 2. The van der Waals surface area contributed by atoms with Crippen LogP contribution in [0.4, 0.5) is 0 Å². The van der Waals surface area contributed by atoms with Crippen molar-refractivity contribution in [2.75, 3.05) is 26.2 Å². The summed E-state index contributed by atoms with van der Waals surface area (Å²) < 4.78 is 0. The number of aliphatic carboxylic acids is 1. The molecule has 1 N–H and O–H groups in total. The zero-order valence-electron chi connectivity index (χ0n) is 9.39. The Labute approximate surface area is 95.0 Å². The first-order valence-electron chi connectivity index (χ1n) is 5.90. The molecule has 1 saturated carbocycles. The predicted octanol–water partition coefficient (Wildman–Crippen LogP) is 0.158. The van der Waals surface area contributed by atoms with Crippen LogP contribution >= 0.6 is 0 Å². The van der Waals surface area contributed by atoms with Gasteiger partial charge in [-0.05, 0) is 25.7 Å². The summed E-state index contributed by atoms with van der Waals surface area (Å²) in [5.74, 6) is -0.758. The van der Waals surface area contributed by atoms with Gasteiger partial charge in [-0.1, -0.05) is 0 Å². The number of carboxylic acid groups (broad SMARTS) is 1. The maximum Gasteiger partial charge on any atom is 0.317 e. The van der Waals surface area contributed by atoms with Gasteiger partial charge in [-0.15, -0.1) is 0 Å². The van der Waals surface area contributed by atoms with E-state index >= 15 is 0 Å². The Morgan fingerprint density at radius 2 is 1.81 bits per heavy atom. The number of nitrogens with zero attached hydrogens (tertiary/aromatic N) is 2. The first kappa shape index (κ1) is 11.4. The summed E-state index contributed by atoms with van der Waals surface area (Å²) in [5, 5.41) is 8.77. The number of rotatable bonds is 5. The van der Waals surface area contributed by atoms with Crippen LogP contribution in [0.5, 0.6) is 0 Å². The summed E-state index contributed by atoms with van der Waals surface area (Å²) in [4.78, 5) is 26.2. The van der Waals surface area contributed by atoms with Crippen molar-refractivity contribution < 1.29 is 14.7 Å². The zero-order chi connectivity index (χ0) is 11.5. The molecule has 0 radical (unpaired) electrons. The van der Waals surface area contributed by atoms with Crippen molar-refractivity contribution in [3.05, 3.63) is 0 Å². The lowest BCUT2D eigenvalue weighted by molar-refractivity contribution is -0.139. The van der Waals surface area contributed by atoms with E-state index < -0.39 is 5.97 Å². The van der Waals surface area contributed by atoms with E-state index in [1.54, 1.807) is 4.90 Å². The summed E-state index contributed by atoms with van der Waals surface area (Å²) in [6.07, 6.45) is 4.21. The maximum absolute atomic E-state index is 11.9. The fourth-order valence-corrected chi connectivity index (χ4v) is 2.17. The Morgan fingerprint density at radius 1 is 1.19 bits per heavy atom. The van der Waals surface area contributed by atoms with E-state index in [1.165, 1.54) is 0 Å². The zero-order valence-corrected chi connectivity index (χ0v) is 9.39. The van der Waals surface area contributed by atoms with Gasteiger partial charge in [-0.25, -0.2) is 0 Å². The molecule has 90 valence electrons. The van der Waals surface area contributed by atoms with Gasteiger partial charge in [-0.3, -0.25) is 14.5 Å². The quantitative estimate of drug-likeness (QED) is 0.725. The van der Waals surface area contributed by atoms with E-state index in [0.29, 0.717) is 6.04 Å². The summed E-state index contributed by atoms with van der Waals surface area (Å²) >= 11 is 0. The first-order valence-corrected chi connectivity index (χ1v) is 5.90. The number of amides is 1. The Bertz CT molecular complexity index is 283. The molecule has 1 amide bonds. The van der Waals surface area contributed by atoms with Gasteiger partial charge >= 0.3 is 5.97 Å². The second-order valence-electron chi connectivity index (χ2n) is 4.62. The number of likely N-dealkylation sites (tertiary alicyclic amines) is 1. The number of carboxylic acids is 1. The highest BCUT2D eigenvalue weighted by atomic mass is 16.4. The molecule has 1 heterocycles. The lowest BCUT2D eigenvalue weighted by atomic mass is 10.4. The standard InChI is InChI=1S/C11H18N2O3/c14-10(12-5-1-2-6-12)7-13(8-11(15)16)9-3-4-9/h9H,1-8H2,(H,15,16). The summed E-state index contributed by atoms with van der Waals surface area (Å²) in [6.45, 7) is 1.94. The van der Waals surface area contributed by atoms with Crippen LogP contribution in [0.1, 0.15) is 25.7 Å². The highest BCUT2D eigenvalue weighted by molar-refractivity contribution is 5.79. The van der Waals surface area contributed by atoms with Crippen molar-refractivity contribution in [2.45, 2.75) is 31.7 Å². The van der Waals surface area contributed by atoms with Crippen LogP contribution in [0.3, 0.4) is 0 Å². The average Bonchev–Trinajstić information content (AvgIpc) is 2.91. The Hall–Kier alpha value is -1.10. The van der Waals surface area contributed by atoms with Gasteiger partial charge in [0, 0.05) is 19.1 Å². The molecule has 16 heavy (non-hydrogen) atoms. The minimum atomic E-state index is -0.846. The first-order chi connectivity index (χ1) is 7.66. The van der Waals surface area contributed by atoms with Crippen LogP contribution in [-0.4, -0.2) is 59.0 Å². The third kappa shape index (κ3) is 2.95.